The molecule has 0 saturated carbocycles. The number of carboxylic acids is 1. The number of carbonyl (C=O) groups excluding carboxylic acids is 1. The van der Waals surface area contributed by atoms with Gasteiger partial charge in [-0.2, -0.15) is 0 Å². The lowest BCUT2D eigenvalue weighted by Crippen LogP contribution is -2.31. The Morgan fingerprint density at radius 1 is 0.422 bits per heavy atom. The van der Waals surface area contributed by atoms with E-state index >= 15 is 0 Å². The summed E-state index contributed by atoms with van der Waals surface area (Å²) in [5, 5.41) is 9.11. The van der Waals surface area contributed by atoms with Crippen molar-refractivity contribution in [1.29, 1.82) is 0 Å². The first-order valence-electron chi connectivity index (χ1n) is 20.5. The Hall–Kier alpha value is -0.900. The van der Waals surface area contributed by atoms with Gasteiger partial charge < -0.3 is 10.8 Å². The summed E-state index contributed by atoms with van der Waals surface area (Å²) in [6, 6.07) is -0.920. The topological polar surface area (TPSA) is 80.4 Å². The first-order valence-corrected chi connectivity index (χ1v) is 20.5. The van der Waals surface area contributed by atoms with Crippen LogP contribution in [-0.4, -0.2) is 22.9 Å². The van der Waals surface area contributed by atoms with Crippen LogP contribution in [0.4, 0.5) is 0 Å². The normalized spacial score (nSPS) is 12.9. The van der Waals surface area contributed by atoms with E-state index in [1.54, 1.807) is 0 Å². The maximum absolute atomic E-state index is 13.0. The van der Waals surface area contributed by atoms with Crippen molar-refractivity contribution in [3.8, 4) is 0 Å². The van der Waals surface area contributed by atoms with Crippen molar-refractivity contribution in [3.63, 3.8) is 0 Å². The molecule has 0 aromatic carbocycles. The second kappa shape index (κ2) is 35.9. The standard InChI is InChI=1S/C41H81NO3/c1-3-5-7-9-11-13-15-17-19-21-23-25-27-29-31-33-35-38(40(43)37-36-39(42)41(44)45)34-32-30-28-26-24-22-20-18-16-14-12-10-8-6-4-2/h38-39H,3-37,42H2,1-2H3,(H,44,45). The lowest BCUT2D eigenvalue weighted by atomic mass is 9.88. The van der Waals surface area contributed by atoms with E-state index in [4.69, 9.17) is 10.8 Å². The van der Waals surface area contributed by atoms with Gasteiger partial charge in [-0.05, 0) is 19.3 Å². The van der Waals surface area contributed by atoms with Crippen molar-refractivity contribution < 1.29 is 14.7 Å². The van der Waals surface area contributed by atoms with E-state index in [-0.39, 0.29) is 18.1 Å². The molecule has 0 spiro atoms. The molecule has 2 unspecified atom stereocenters. The minimum Gasteiger partial charge on any atom is -0.480 e. The van der Waals surface area contributed by atoms with Crippen molar-refractivity contribution in [2.24, 2.45) is 11.7 Å². The van der Waals surface area contributed by atoms with Crippen molar-refractivity contribution in [2.75, 3.05) is 0 Å². The van der Waals surface area contributed by atoms with Gasteiger partial charge in [0.25, 0.3) is 0 Å². The van der Waals surface area contributed by atoms with Gasteiger partial charge in [0.1, 0.15) is 11.8 Å². The molecule has 0 aromatic heterocycles. The number of rotatable bonds is 38. The molecule has 2 atom stereocenters. The summed E-state index contributed by atoms with van der Waals surface area (Å²) in [7, 11) is 0. The molecule has 0 aliphatic heterocycles. The molecule has 4 nitrogen and oxygen atoms in total. The van der Waals surface area contributed by atoms with Gasteiger partial charge in [-0.25, -0.2) is 0 Å². The quantitative estimate of drug-likeness (QED) is 0.0661. The summed E-state index contributed by atoms with van der Waals surface area (Å²) in [4.78, 5) is 24.1. The Labute approximate surface area is 282 Å². The minimum atomic E-state index is -1.00. The molecule has 0 aromatic rings. The summed E-state index contributed by atoms with van der Waals surface area (Å²) in [5.41, 5.74) is 5.69. The average molecular weight is 636 g/mol. The second-order valence-corrected chi connectivity index (χ2v) is 14.5. The molecular formula is C41H81NO3. The predicted molar refractivity (Wildman–Crippen MR) is 197 cm³/mol. The number of aliphatic carboxylic acids is 1. The Morgan fingerprint density at radius 2 is 0.667 bits per heavy atom. The molecule has 0 amide bonds. The summed E-state index contributed by atoms with van der Waals surface area (Å²) < 4.78 is 0. The third kappa shape index (κ3) is 32.8. The highest BCUT2D eigenvalue weighted by molar-refractivity contribution is 5.82. The SMILES string of the molecule is CCCCCCCCCCCCCCCCCCC(CCCCCCCCCCCCCCCCC)C(=O)CCC(N)C(=O)O. The molecular weight excluding hydrogens is 554 g/mol. The number of hydrogen-bond donors (Lipinski definition) is 2. The molecule has 0 fully saturated rings. The predicted octanol–water partition coefficient (Wildman–Crippen LogP) is 13.3. The maximum Gasteiger partial charge on any atom is 0.320 e. The number of carboxylic acid groups (broad SMARTS) is 1. The van der Waals surface area contributed by atoms with Crippen molar-refractivity contribution >= 4 is 11.8 Å². The van der Waals surface area contributed by atoms with Crippen LogP contribution in [0.2, 0.25) is 0 Å². The Kier molecular flexibility index (Phi) is 35.2. The highest BCUT2D eigenvalue weighted by Crippen LogP contribution is 2.23. The number of unbranched alkanes of at least 4 members (excludes halogenated alkanes) is 29. The first kappa shape index (κ1) is 44.1. The number of ketones is 1. The van der Waals surface area contributed by atoms with Crippen LogP contribution in [0.3, 0.4) is 0 Å². The van der Waals surface area contributed by atoms with Crippen LogP contribution < -0.4 is 5.73 Å². The third-order valence-corrected chi connectivity index (χ3v) is 10.0. The molecule has 45 heavy (non-hydrogen) atoms. The number of carbonyl (C=O) groups is 2. The van der Waals surface area contributed by atoms with Crippen LogP contribution >= 0.6 is 0 Å². The number of hydrogen-bond acceptors (Lipinski definition) is 3. The molecule has 0 rings (SSSR count). The molecule has 0 radical (unpaired) electrons. The molecule has 0 heterocycles. The number of Topliss-reactive ketones (excluding diaryl/α,β-unsaturated/α-hetero) is 1. The van der Waals surface area contributed by atoms with E-state index in [1.165, 1.54) is 186 Å². The van der Waals surface area contributed by atoms with E-state index in [0.717, 1.165) is 25.7 Å². The van der Waals surface area contributed by atoms with Crippen molar-refractivity contribution in [1.82, 2.24) is 0 Å². The largest absolute Gasteiger partial charge is 0.480 e. The fraction of sp³-hybridized carbons (Fsp3) is 0.951. The molecule has 0 aliphatic rings. The zero-order valence-electron chi connectivity index (χ0n) is 30.7. The summed E-state index contributed by atoms with van der Waals surface area (Å²) >= 11 is 0. The minimum absolute atomic E-state index is 0.0969. The average Bonchev–Trinajstić information content (AvgIpc) is 3.03. The van der Waals surface area contributed by atoms with Crippen LogP contribution in [0.25, 0.3) is 0 Å². The lowest BCUT2D eigenvalue weighted by Gasteiger charge is -2.17. The lowest BCUT2D eigenvalue weighted by molar-refractivity contribution is -0.138. The molecule has 0 bridgehead atoms. The summed E-state index contributed by atoms with van der Waals surface area (Å²) in [6.45, 7) is 4.57. The van der Waals surface area contributed by atoms with Gasteiger partial charge in [0.15, 0.2) is 0 Å². The molecule has 0 saturated heterocycles. The summed E-state index contributed by atoms with van der Waals surface area (Å²) in [5.74, 6) is -0.655. The van der Waals surface area contributed by atoms with Crippen LogP contribution in [0.15, 0.2) is 0 Å². The molecule has 0 aliphatic carbocycles. The smallest absolute Gasteiger partial charge is 0.320 e. The first-order chi connectivity index (χ1) is 22.0. The maximum atomic E-state index is 13.0. The Balaban J connectivity index is 3.92. The van der Waals surface area contributed by atoms with E-state index in [2.05, 4.69) is 13.8 Å². The van der Waals surface area contributed by atoms with Crippen LogP contribution in [0, 0.1) is 5.92 Å². The van der Waals surface area contributed by atoms with Gasteiger partial charge in [0.05, 0.1) is 0 Å². The fourth-order valence-corrected chi connectivity index (χ4v) is 6.79. The van der Waals surface area contributed by atoms with Gasteiger partial charge in [-0.3, -0.25) is 9.59 Å². The highest BCUT2D eigenvalue weighted by atomic mass is 16.4. The molecule has 268 valence electrons. The highest BCUT2D eigenvalue weighted by Gasteiger charge is 2.20. The van der Waals surface area contributed by atoms with E-state index in [9.17, 15) is 9.59 Å². The van der Waals surface area contributed by atoms with E-state index in [1.807, 2.05) is 0 Å². The van der Waals surface area contributed by atoms with Gasteiger partial charge in [-0.15, -0.1) is 0 Å². The zero-order valence-corrected chi connectivity index (χ0v) is 30.7. The third-order valence-electron chi connectivity index (χ3n) is 10.0. The van der Waals surface area contributed by atoms with Gasteiger partial charge >= 0.3 is 5.97 Å². The van der Waals surface area contributed by atoms with E-state index < -0.39 is 12.0 Å². The van der Waals surface area contributed by atoms with Crippen molar-refractivity contribution in [3.05, 3.63) is 0 Å². The van der Waals surface area contributed by atoms with Crippen molar-refractivity contribution in [2.45, 2.75) is 245 Å². The Morgan fingerprint density at radius 3 is 0.911 bits per heavy atom. The van der Waals surface area contributed by atoms with Crippen LogP contribution in [0.5, 0.6) is 0 Å². The zero-order chi connectivity index (χ0) is 33.1. The van der Waals surface area contributed by atoms with Crippen LogP contribution in [0.1, 0.15) is 239 Å². The van der Waals surface area contributed by atoms with Gasteiger partial charge in [0.2, 0.25) is 0 Å². The van der Waals surface area contributed by atoms with Gasteiger partial charge in [-0.1, -0.05) is 213 Å². The second-order valence-electron chi connectivity index (χ2n) is 14.5. The van der Waals surface area contributed by atoms with Crippen LogP contribution in [-0.2, 0) is 9.59 Å². The molecule has 4 heteroatoms. The van der Waals surface area contributed by atoms with Gasteiger partial charge in [0, 0.05) is 12.3 Å². The Bertz CT molecular complexity index is 622. The van der Waals surface area contributed by atoms with E-state index in [0.29, 0.717) is 6.42 Å². The summed E-state index contributed by atoms with van der Waals surface area (Å²) in [6.07, 6.45) is 44.6. The monoisotopic (exact) mass is 636 g/mol. The number of nitrogens with two attached hydrogens (primary N) is 1. The molecule has 3 N–H and O–H groups in total. The fourth-order valence-electron chi connectivity index (χ4n) is 6.79.